The maximum Gasteiger partial charge on any atom is 0.319 e. The number of carbonyl (C=O) groups is 1. The number of amides is 2. The van der Waals surface area contributed by atoms with Crippen molar-refractivity contribution in [2.24, 2.45) is 0 Å². The van der Waals surface area contributed by atoms with Gasteiger partial charge in [-0.25, -0.2) is 22.0 Å². The molecule has 1 aliphatic rings. The predicted molar refractivity (Wildman–Crippen MR) is 117 cm³/mol. The van der Waals surface area contributed by atoms with E-state index in [1.54, 1.807) is 50.2 Å². The van der Waals surface area contributed by atoms with E-state index in [0.717, 1.165) is 18.2 Å². The molecule has 0 radical (unpaired) electrons. The molecule has 1 atom stereocenters. The van der Waals surface area contributed by atoms with Crippen LogP contribution in [0.15, 0.2) is 77.7 Å². The first-order chi connectivity index (χ1) is 15.2. The number of nitrogens with zero attached hydrogens (tertiary/aromatic N) is 1. The summed E-state index contributed by atoms with van der Waals surface area (Å²) in [7, 11) is -4.12. The highest BCUT2D eigenvalue weighted by atomic mass is 32.2. The molecule has 1 fully saturated rings. The van der Waals surface area contributed by atoms with Crippen molar-refractivity contribution in [3.63, 3.8) is 0 Å². The number of nitrogens with one attached hydrogen (secondary N) is 1. The first-order valence-electron chi connectivity index (χ1n) is 10.1. The van der Waals surface area contributed by atoms with Crippen LogP contribution in [-0.2, 0) is 14.7 Å². The molecule has 8 heteroatoms. The molecule has 0 aromatic heterocycles. The van der Waals surface area contributed by atoms with Crippen LogP contribution in [0.3, 0.4) is 0 Å². The Bertz CT molecular complexity index is 1280. The molecule has 0 bridgehead atoms. The summed E-state index contributed by atoms with van der Waals surface area (Å²) in [5.74, 6) is -1.25. The van der Waals surface area contributed by atoms with Crippen LogP contribution in [0.25, 0.3) is 11.1 Å². The number of urea groups is 1. The number of rotatable bonds is 5. The van der Waals surface area contributed by atoms with E-state index in [1.807, 2.05) is 0 Å². The van der Waals surface area contributed by atoms with Gasteiger partial charge in [0.15, 0.2) is 4.87 Å². The third kappa shape index (κ3) is 3.35. The van der Waals surface area contributed by atoms with Gasteiger partial charge in [-0.05, 0) is 61.4 Å². The third-order valence-electron chi connectivity index (χ3n) is 5.65. The first kappa shape index (κ1) is 22.0. The van der Waals surface area contributed by atoms with Gasteiger partial charge in [-0.15, -0.1) is 0 Å². The summed E-state index contributed by atoms with van der Waals surface area (Å²) >= 11 is 0. The molecule has 4 rings (SSSR count). The quantitative estimate of drug-likeness (QED) is 0.606. The van der Waals surface area contributed by atoms with Gasteiger partial charge >= 0.3 is 6.03 Å². The maximum absolute atomic E-state index is 14.5. The zero-order valence-corrected chi connectivity index (χ0v) is 18.4. The number of sulfone groups is 1. The van der Waals surface area contributed by atoms with Gasteiger partial charge in [-0.2, -0.15) is 0 Å². The Balaban J connectivity index is 1.99. The molecule has 1 heterocycles. The Morgan fingerprint density at radius 1 is 0.969 bits per heavy atom. The van der Waals surface area contributed by atoms with Crippen LogP contribution in [0.2, 0.25) is 0 Å². The second kappa shape index (κ2) is 8.02. The van der Waals surface area contributed by atoms with E-state index < -0.39 is 38.4 Å². The number of benzene rings is 3. The summed E-state index contributed by atoms with van der Waals surface area (Å²) in [6.45, 7) is 3.28. The van der Waals surface area contributed by atoms with Crippen LogP contribution < -0.4 is 5.32 Å². The molecule has 0 aliphatic carbocycles. The molecule has 3 aromatic rings. The summed E-state index contributed by atoms with van der Waals surface area (Å²) < 4.78 is 56.3. The van der Waals surface area contributed by atoms with Crippen LogP contribution >= 0.6 is 0 Å². The zero-order valence-electron chi connectivity index (χ0n) is 17.5. The van der Waals surface area contributed by atoms with Gasteiger partial charge in [0, 0.05) is 11.6 Å². The SMILES string of the molecule is CC(C)N1C(=O)NCC1(c1cccc(-c2cc(F)ccc2F)c1)S(=O)(=O)c1ccccc1. The number of hydrogen-bond donors (Lipinski definition) is 1. The second-order valence-electron chi connectivity index (χ2n) is 7.93. The number of carbonyl (C=O) groups excluding carboxylic acids is 1. The van der Waals surface area contributed by atoms with E-state index in [9.17, 15) is 22.0 Å². The van der Waals surface area contributed by atoms with Gasteiger partial charge in [0.1, 0.15) is 11.6 Å². The van der Waals surface area contributed by atoms with E-state index in [1.165, 1.54) is 23.1 Å². The molecular formula is C24H22F2N2O3S. The van der Waals surface area contributed by atoms with Gasteiger partial charge in [-0.3, -0.25) is 4.90 Å². The molecular weight excluding hydrogens is 434 g/mol. The molecule has 1 unspecified atom stereocenters. The molecule has 166 valence electrons. The second-order valence-corrected chi connectivity index (χ2v) is 10.1. The van der Waals surface area contributed by atoms with Crippen molar-refractivity contribution in [2.75, 3.05) is 6.54 Å². The highest BCUT2D eigenvalue weighted by Crippen LogP contribution is 2.43. The average molecular weight is 457 g/mol. The Kier molecular flexibility index (Phi) is 5.50. The Morgan fingerprint density at radius 3 is 2.38 bits per heavy atom. The van der Waals surface area contributed by atoms with E-state index in [-0.39, 0.29) is 22.6 Å². The largest absolute Gasteiger partial charge is 0.334 e. The van der Waals surface area contributed by atoms with Crippen molar-refractivity contribution in [3.8, 4) is 11.1 Å². The summed E-state index contributed by atoms with van der Waals surface area (Å²) in [6.07, 6.45) is 0. The van der Waals surface area contributed by atoms with Gasteiger partial charge in [0.2, 0.25) is 9.84 Å². The van der Waals surface area contributed by atoms with Gasteiger partial charge in [0.25, 0.3) is 0 Å². The topological polar surface area (TPSA) is 66.5 Å². The molecule has 1 aliphatic heterocycles. The lowest BCUT2D eigenvalue weighted by Crippen LogP contribution is -2.53. The minimum atomic E-state index is -4.12. The highest BCUT2D eigenvalue weighted by molar-refractivity contribution is 7.92. The Labute approximate surface area is 185 Å². The van der Waals surface area contributed by atoms with E-state index in [4.69, 9.17) is 0 Å². The first-order valence-corrected chi connectivity index (χ1v) is 11.6. The van der Waals surface area contributed by atoms with Crippen LogP contribution in [0.5, 0.6) is 0 Å². The Morgan fingerprint density at radius 2 is 1.69 bits per heavy atom. The van der Waals surface area contributed by atoms with Gasteiger partial charge in [0.05, 0.1) is 11.4 Å². The van der Waals surface area contributed by atoms with Gasteiger partial charge in [-0.1, -0.05) is 36.4 Å². The fraction of sp³-hybridized carbons (Fsp3) is 0.208. The summed E-state index contributed by atoms with van der Waals surface area (Å²) in [5.41, 5.74) is 0.604. The molecule has 0 saturated carbocycles. The van der Waals surface area contributed by atoms with E-state index >= 15 is 0 Å². The molecule has 32 heavy (non-hydrogen) atoms. The lowest BCUT2D eigenvalue weighted by atomic mass is 9.97. The minimum Gasteiger partial charge on any atom is -0.334 e. The van der Waals surface area contributed by atoms with Crippen molar-refractivity contribution in [1.29, 1.82) is 0 Å². The molecule has 1 N–H and O–H groups in total. The van der Waals surface area contributed by atoms with Crippen LogP contribution in [-0.4, -0.2) is 31.9 Å². The van der Waals surface area contributed by atoms with Crippen molar-refractivity contribution < 1.29 is 22.0 Å². The molecule has 2 amide bonds. The average Bonchev–Trinajstić information content (AvgIpc) is 3.15. The Hall–Kier alpha value is -3.26. The molecule has 0 spiro atoms. The smallest absolute Gasteiger partial charge is 0.319 e. The molecule has 1 saturated heterocycles. The van der Waals surface area contributed by atoms with Crippen molar-refractivity contribution >= 4 is 15.9 Å². The van der Waals surface area contributed by atoms with Gasteiger partial charge < -0.3 is 5.32 Å². The normalized spacial score (nSPS) is 18.8. The lowest BCUT2D eigenvalue weighted by Gasteiger charge is -2.39. The third-order valence-corrected chi connectivity index (χ3v) is 8.01. The van der Waals surface area contributed by atoms with E-state index in [0.29, 0.717) is 5.56 Å². The standard InChI is InChI=1S/C24H22F2N2O3S/c1-16(2)28-23(29)27-15-24(28,32(30,31)20-9-4-3-5-10-20)18-8-6-7-17(13-18)21-14-19(25)11-12-22(21)26/h3-14,16H,15H2,1-2H3,(H,27,29). The monoisotopic (exact) mass is 456 g/mol. The maximum atomic E-state index is 14.5. The van der Waals surface area contributed by atoms with Crippen LogP contribution in [0, 0.1) is 11.6 Å². The fourth-order valence-corrected chi connectivity index (χ4v) is 6.40. The molecule has 3 aromatic carbocycles. The van der Waals surface area contributed by atoms with Crippen LogP contribution in [0.1, 0.15) is 19.4 Å². The van der Waals surface area contributed by atoms with Crippen molar-refractivity contribution in [1.82, 2.24) is 10.2 Å². The van der Waals surface area contributed by atoms with Crippen LogP contribution in [0.4, 0.5) is 13.6 Å². The summed E-state index contributed by atoms with van der Waals surface area (Å²) in [4.78, 5) is 12.4. The number of halogens is 2. The minimum absolute atomic E-state index is 0.00693. The summed E-state index contributed by atoms with van der Waals surface area (Å²) in [5, 5.41) is 2.67. The number of hydrogen-bond acceptors (Lipinski definition) is 3. The fourth-order valence-electron chi connectivity index (χ4n) is 4.25. The lowest BCUT2D eigenvalue weighted by molar-refractivity contribution is 0.170. The van der Waals surface area contributed by atoms with Crippen molar-refractivity contribution in [3.05, 3.63) is 90.0 Å². The molecule has 5 nitrogen and oxygen atoms in total. The van der Waals surface area contributed by atoms with E-state index in [2.05, 4.69) is 5.32 Å². The summed E-state index contributed by atoms with van der Waals surface area (Å²) in [6, 6.07) is 16.3. The predicted octanol–water partition coefficient (Wildman–Crippen LogP) is 4.69. The zero-order chi connectivity index (χ0) is 23.1. The van der Waals surface area contributed by atoms with Crippen molar-refractivity contribution in [2.45, 2.75) is 29.7 Å². The highest BCUT2D eigenvalue weighted by Gasteiger charge is 2.58.